The van der Waals surface area contributed by atoms with Gasteiger partial charge < -0.3 is 58.4 Å². The van der Waals surface area contributed by atoms with Crippen molar-refractivity contribution in [1.82, 2.24) is 41.9 Å². The van der Waals surface area contributed by atoms with Crippen LogP contribution in [0.4, 0.5) is 73.9 Å². The Labute approximate surface area is 788 Å². The number of hydroxylamine groups is 5. The minimum absolute atomic E-state index is 0.0319. The number of piperazine rings is 4. The molecule has 5 fully saturated rings. The zero-order valence-corrected chi connectivity index (χ0v) is 74.7. The number of benzene rings is 10. The Balaban J connectivity index is 0.000000145. The fraction of sp³-hybridized carbons (Fsp3) is 0.267. The van der Waals surface area contributed by atoms with E-state index in [0.29, 0.717) is 140 Å². The number of amides is 5. The second kappa shape index (κ2) is 45.6. The van der Waals surface area contributed by atoms with Crippen LogP contribution in [-0.4, -0.2) is 226 Å². The molecule has 0 atom stereocenters. The smallest absolute Gasteiger partial charge is 0.326 e. The van der Waals surface area contributed by atoms with Gasteiger partial charge in [0, 0.05) is 184 Å². The average molecular weight is 1920 g/mol. The van der Waals surface area contributed by atoms with E-state index in [1.54, 1.807) is 72.0 Å². The van der Waals surface area contributed by atoms with E-state index in [0.717, 1.165) is 64.0 Å². The lowest BCUT2D eigenvalue weighted by atomic mass is 10.0. The van der Waals surface area contributed by atoms with Crippen LogP contribution in [0.5, 0.6) is 17.2 Å². The van der Waals surface area contributed by atoms with Gasteiger partial charge in [0.1, 0.15) is 28.5 Å². The lowest BCUT2D eigenvalue weighted by Crippen LogP contribution is -2.47. The molecule has 1 aromatic heterocycles. The number of imidazole rings is 1. The van der Waals surface area contributed by atoms with Crippen molar-refractivity contribution in [1.29, 1.82) is 0 Å². The van der Waals surface area contributed by atoms with Crippen molar-refractivity contribution < 1.29 is 88.8 Å². The molecule has 45 nitrogen and oxygen atoms in total. The third-order valence-electron chi connectivity index (χ3n) is 23.7. The summed E-state index contributed by atoms with van der Waals surface area (Å²) in [6, 6.07) is 57.2. The number of fused-ring (bicyclic) bond motifs is 2. The molecule has 6 aliphatic heterocycles. The number of anilines is 8. The van der Waals surface area contributed by atoms with Crippen molar-refractivity contribution in [2.24, 2.45) is 0 Å². The molecule has 5 saturated heterocycles. The molecule has 17 rings (SSSR count). The number of rotatable bonds is 22. The number of carbonyl (C=O) groups is 5. The summed E-state index contributed by atoms with van der Waals surface area (Å²) >= 11 is 12.0. The number of para-hydroxylation sites is 10. The van der Waals surface area contributed by atoms with Gasteiger partial charge in [0.15, 0.2) is 11.5 Å². The maximum absolute atomic E-state index is 12.4. The van der Waals surface area contributed by atoms with E-state index in [1.165, 1.54) is 84.9 Å². The van der Waals surface area contributed by atoms with Gasteiger partial charge in [-0.2, -0.15) is 0 Å². The largest absolute Gasteiger partial charge is 0.495 e. The van der Waals surface area contributed by atoms with Crippen LogP contribution in [-0.2, 0) is 6.54 Å². The SMILES string of the molecule is COc1ccccc1N1CCN(c2c(C(=O)NO)cccc2[N+](=O)[O-])CC1.O=C(NO)c1cc([N+](=O)[O-])ccc1N1CCN(c2ccccc2)CC1.O=C(NO)c1cccc([N+](=O)[O-])c1N1CCC(n2c(=O)[nH]c3ccccc32)CC1.O=C(NO)c1cccc([N+](=O)[O-])c1N1CCN(Cc2cccc3c2OCO3)CC1.O=C(NO)c1cccc([N+](=O)[O-])c1N1CCN(c2ccc(Cl)c(Cl)c2)CC1. The first-order chi connectivity index (χ1) is 66.2. The van der Waals surface area contributed by atoms with Gasteiger partial charge in [-0.05, 0) is 104 Å². The number of hydrogen-bond donors (Lipinski definition) is 11. The molecule has 0 radical (unpaired) electrons. The van der Waals surface area contributed by atoms with Gasteiger partial charge in [-0.3, -0.25) is 110 Å². The molecular weight excluding hydrogens is 1830 g/mol. The summed E-state index contributed by atoms with van der Waals surface area (Å²) in [6.45, 7) is 11.1. The molecule has 7 heterocycles. The molecular formula is C90H93Cl2N21O24. The van der Waals surface area contributed by atoms with Gasteiger partial charge >= 0.3 is 5.69 Å². The number of ether oxygens (including phenoxy) is 3. The third-order valence-corrected chi connectivity index (χ3v) is 24.5. The van der Waals surface area contributed by atoms with Gasteiger partial charge in [-0.15, -0.1) is 0 Å². The highest BCUT2D eigenvalue weighted by Crippen LogP contribution is 2.42. The van der Waals surface area contributed by atoms with Crippen LogP contribution < -0.4 is 86.5 Å². The van der Waals surface area contributed by atoms with Crippen molar-refractivity contribution in [2.75, 3.05) is 171 Å². The number of piperidine rings is 1. The molecule has 11 N–H and O–H groups in total. The van der Waals surface area contributed by atoms with E-state index in [1.807, 2.05) is 113 Å². The zero-order chi connectivity index (χ0) is 97.7. The molecule has 0 bridgehead atoms. The first kappa shape index (κ1) is 98.5. The van der Waals surface area contributed by atoms with Crippen LogP contribution in [0, 0.1) is 50.6 Å². The Kier molecular flexibility index (Phi) is 32.8. The summed E-state index contributed by atoms with van der Waals surface area (Å²) in [6.07, 6.45) is 1.15. The van der Waals surface area contributed by atoms with Crippen molar-refractivity contribution in [3.8, 4) is 17.2 Å². The van der Waals surface area contributed by atoms with E-state index < -0.39 is 54.2 Å². The minimum atomic E-state index is -0.807. The van der Waals surface area contributed by atoms with Crippen molar-refractivity contribution in [3.05, 3.63) is 311 Å². The van der Waals surface area contributed by atoms with Crippen LogP contribution in [0.3, 0.4) is 0 Å². The van der Waals surface area contributed by atoms with Gasteiger partial charge in [-0.25, -0.2) is 32.2 Å². The molecule has 11 aromatic rings. The Bertz CT molecular complexity index is 6340. The summed E-state index contributed by atoms with van der Waals surface area (Å²) in [7, 11) is 1.61. The Morgan fingerprint density at radius 1 is 0.401 bits per heavy atom. The number of aromatic amines is 1. The highest BCUT2D eigenvalue weighted by molar-refractivity contribution is 6.42. The Morgan fingerprint density at radius 2 is 0.810 bits per heavy atom. The lowest BCUT2D eigenvalue weighted by Gasteiger charge is -2.38. The summed E-state index contributed by atoms with van der Waals surface area (Å²) < 4.78 is 18.1. The Morgan fingerprint density at radius 3 is 1.27 bits per heavy atom. The fourth-order valence-corrected chi connectivity index (χ4v) is 17.5. The maximum Gasteiger partial charge on any atom is 0.326 e. The van der Waals surface area contributed by atoms with Crippen LogP contribution in [0.2, 0.25) is 10.0 Å². The predicted octanol–water partition coefficient (Wildman–Crippen LogP) is 11.4. The number of nitrogens with one attached hydrogen (secondary N) is 6. The topological polar surface area (TPSA) is 557 Å². The molecule has 10 aromatic carbocycles. The number of nitrogens with zero attached hydrogens (tertiary/aromatic N) is 15. The number of halogens is 2. The second-order valence-electron chi connectivity index (χ2n) is 31.4. The molecule has 0 saturated carbocycles. The lowest BCUT2D eigenvalue weighted by molar-refractivity contribution is -0.384. The minimum Gasteiger partial charge on any atom is -0.495 e. The number of nitro groups is 5. The van der Waals surface area contributed by atoms with Gasteiger partial charge in [0.05, 0.1) is 92.0 Å². The number of nitro benzene ring substituents is 5. The molecule has 0 spiro atoms. The monoisotopic (exact) mass is 1920 g/mol. The van der Waals surface area contributed by atoms with Crippen LogP contribution in [0.25, 0.3) is 11.0 Å². The summed E-state index contributed by atoms with van der Waals surface area (Å²) in [5, 5.41) is 103. The highest BCUT2D eigenvalue weighted by atomic mass is 35.5. The van der Waals surface area contributed by atoms with Gasteiger partial charge in [0.25, 0.3) is 58.0 Å². The van der Waals surface area contributed by atoms with Crippen molar-refractivity contribution in [3.63, 3.8) is 0 Å². The Hall–Kier alpha value is -16.0. The first-order valence-corrected chi connectivity index (χ1v) is 43.5. The molecule has 0 unspecified atom stereocenters. The van der Waals surface area contributed by atoms with E-state index >= 15 is 0 Å². The van der Waals surface area contributed by atoms with Crippen molar-refractivity contribution >= 4 is 138 Å². The number of hydrogen-bond acceptors (Lipinski definition) is 33. The number of carbonyl (C=O) groups excluding carboxylic acids is 5. The van der Waals surface area contributed by atoms with Crippen LogP contribution >= 0.6 is 23.2 Å². The summed E-state index contributed by atoms with van der Waals surface area (Å²) in [5.41, 5.74) is 14.0. The quantitative estimate of drug-likeness (QED) is 0.0170. The second-order valence-corrected chi connectivity index (χ2v) is 32.2. The van der Waals surface area contributed by atoms with E-state index in [4.69, 9.17) is 63.4 Å². The molecule has 0 aliphatic carbocycles. The molecule has 6 aliphatic rings. The standard InChI is InChI=1S/C19H19N5O5.C19H20N4O6.C18H20N4O5.C17H16Cl2N4O4.C17H18N4O4/c25-18(21-27)13-4-3-7-16(24(28)29)17(13)22-10-8-12(9-11-22)23-15-6-2-1-5-14(15)20-19(23)26;24-19(20-25)14-4-2-5-15(23(26)27)17(14)22-9-7-21(8-10-22)11-13-3-1-6-16-18(13)29-12-28-16;1-27-16-8-3-2-6-14(16)20-9-11-21(12-10-20)17-13(18(23)19-24)5-4-7-15(17)22(25)26;18-13-5-4-11(10-14(13)19)21-6-8-22(9-7-21)16-12(17(24)20-25)2-1-3-15(16)23(26)27;22-17(18-23)15-12-14(21(24)25)6-7-16(15)20-10-8-19(9-11-20)13-4-2-1-3-5-13/h1-7,12,27H,8-11H2,(H,20,26)(H,21,25);1-6,25H,7-12H2,(H,20,24);2-8,24H,9-12H2,1H3,(H,19,23);1-5,10,25H,6-9H2,(H,20,24);1-7,12,23H,8-11H2,(H,18,22). The molecule has 137 heavy (non-hydrogen) atoms. The molecule has 47 heteroatoms. The van der Waals surface area contributed by atoms with E-state index in [2.05, 4.69) is 24.6 Å². The third kappa shape index (κ3) is 22.9. The fourth-order valence-electron chi connectivity index (χ4n) is 17.2. The number of aromatic nitrogens is 2. The van der Waals surface area contributed by atoms with E-state index in [9.17, 15) is 79.3 Å². The molecule has 5 amide bonds. The van der Waals surface area contributed by atoms with Crippen molar-refractivity contribution in [2.45, 2.75) is 25.4 Å². The molecule has 716 valence electrons. The first-order valence-electron chi connectivity index (χ1n) is 42.7. The summed E-state index contributed by atoms with van der Waals surface area (Å²) in [4.78, 5) is 147. The average Bonchev–Trinajstić information content (AvgIpc) is 1.55. The zero-order valence-electron chi connectivity index (χ0n) is 73.2. The number of methoxy groups -OCH3 is 1. The summed E-state index contributed by atoms with van der Waals surface area (Å²) in [5.74, 6) is -1.65. The predicted molar refractivity (Wildman–Crippen MR) is 504 cm³/mol. The van der Waals surface area contributed by atoms with Gasteiger partial charge in [-0.1, -0.05) is 102 Å². The van der Waals surface area contributed by atoms with Crippen LogP contribution in [0.15, 0.2) is 211 Å². The number of H-pyrrole nitrogens is 1. The van der Waals surface area contributed by atoms with Gasteiger partial charge in [0.2, 0.25) is 6.79 Å². The number of non-ortho nitro benzene ring substituents is 1. The normalized spacial score (nSPS) is 14.7. The van der Waals surface area contributed by atoms with E-state index in [-0.39, 0.29) is 97.5 Å². The highest BCUT2D eigenvalue weighted by Gasteiger charge is 2.37. The van der Waals surface area contributed by atoms with Crippen LogP contribution in [0.1, 0.15) is 76.2 Å². The maximum atomic E-state index is 12.4.